The van der Waals surface area contributed by atoms with Gasteiger partial charge in [0.15, 0.2) is 5.82 Å². The molecule has 0 aliphatic carbocycles. The first-order valence-electron chi connectivity index (χ1n) is 5.51. The van der Waals surface area contributed by atoms with Crippen LogP contribution in [0.2, 0.25) is 5.02 Å². The monoisotopic (exact) mass is 281 g/mol. The van der Waals surface area contributed by atoms with Crippen molar-refractivity contribution >= 4 is 17.5 Å². The molecule has 0 radical (unpaired) electrons. The van der Waals surface area contributed by atoms with Gasteiger partial charge in [-0.2, -0.15) is 4.98 Å². The summed E-state index contributed by atoms with van der Waals surface area (Å²) in [5, 5.41) is 6.75. The van der Waals surface area contributed by atoms with Crippen molar-refractivity contribution in [2.24, 2.45) is 0 Å². The van der Waals surface area contributed by atoms with Crippen LogP contribution in [0.5, 0.6) is 5.75 Å². The van der Waals surface area contributed by atoms with Gasteiger partial charge in [0.05, 0.1) is 19.2 Å². The first-order chi connectivity index (χ1) is 9.10. The minimum atomic E-state index is -0.324. The number of nitrogens with one attached hydrogen (secondary N) is 1. The normalized spacial score (nSPS) is 10.3. The average molecular weight is 282 g/mol. The maximum Gasteiger partial charge on any atom is 0.255 e. The molecule has 0 unspecified atom stereocenters. The van der Waals surface area contributed by atoms with E-state index in [2.05, 4.69) is 15.5 Å². The van der Waals surface area contributed by atoms with E-state index in [1.807, 2.05) is 0 Å². The Balaban J connectivity index is 2.09. The van der Waals surface area contributed by atoms with E-state index in [1.54, 1.807) is 19.1 Å². The molecule has 2 aromatic rings. The van der Waals surface area contributed by atoms with E-state index in [9.17, 15) is 4.79 Å². The standard InChI is InChI=1S/C12H12ClN3O3/c1-7-15-11(19-16-7)6-14-12(17)9-5-8(13)3-4-10(9)18-2/h3-5H,6H2,1-2H3,(H,14,17). The SMILES string of the molecule is COc1ccc(Cl)cc1C(=O)NCc1nc(C)no1. The molecule has 1 heterocycles. The van der Waals surface area contributed by atoms with Crippen molar-refractivity contribution in [1.82, 2.24) is 15.5 Å². The van der Waals surface area contributed by atoms with Crippen LogP contribution in [0.25, 0.3) is 0 Å². The molecule has 0 bridgehead atoms. The zero-order chi connectivity index (χ0) is 13.8. The van der Waals surface area contributed by atoms with Gasteiger partial charge in [-0.3, -0.25) is 4.79 Å². The summed E-state index contributed by atoms with van der Waals surface area (Å²) in [4.78, 5) is 16.0. The number of aromatic nitrogens is 2. The maximum atomic E-state index is 12.0. The molecule has 2 rings (SSSR count). The zero-order valence-corrected chi connectivity index (χ0v) is 11.2. The molecule has 1 amide bonds. The molecule has 0 aliphatic heterocycles. The van der Waals surface area contributed by atoms with Crippen molar-refractivity contribution in [3.63, 3.8) is 0 Å². The quantitative estimate of drug-likeness (QED) is 0.927. The molecule has 0 spiro atoms. The molecule has 0 saturated carbocycles. The maximum absolute atomic E-state index is 12.0. The van der Waals surface area contributed by atoms with Crippen molar-refractivity contribution < 1.29 is 14.1 Å². The molecular weight excluding hydrogens is 270 g/mol. The lowest BCUT2D eigenvalue weighted by Gasteiger charge is -2.08. The number of benzene rings is 1. The highest BCUT2D eigenvalue weighted by atomic mass is 35.5. The average Bonchev–Trinajstić information content (AvgIpc) is 2.81. The van der Waals surface area contributed by atoms with Crippen LogP contribution in [0.4, 0.5) is 0 Å². The smallest absolute Gasteiger partial charge is 0.255 e. The van der Waals surface area contributed by atoms with E-state index in [0.29, 0.717) is 28.1 Å². The Bertz CT molecular complexity index is 598. The number of carbonyl (C=O) groups is 1. The third-order valence-electron chi connectivity index (χ3n) is 2.38. The number of ether oxygens (including phenoxy) is 1. The van der Waals surface area contributed by atoms with Crippen LogP contribution < -0.4 is 10.1 Å². The Kier molecular flexibility index (Phi) is 4.01. The van der Waals surface area contributed by atoms with Crippen LogP contribution >= 0.6 is 11.6 Å². The molecule has 6 nitrogen and oxygen atoms in total. The van der Waals surface area contributed by atoms with E-state index >= 15 is 0 Å². The summed E-state index contributed by atoms with van der Waals surface area (Å²) in [7, 11) is 1.49. The largest absolute Gasteiger partial charge is 0.496 e. The first kappa shape index (κ1) is 13.4. The Labute approximate surface area is 114 Å². The Morgan fingerprint density at radius 2 is 2.32 bits per heavy atom. The Morgan fingerprint density at radius 1 is 1.53 bits per heavy atom. The van der Waals surface area contributed by atoms with E-state index in [4.69, 9.17) is 20.9 Å². The number of hydrogen-bond acceptors (Lipinski definition) is 5. The van der Waals surface area contributed by atoms with Gasteiger partial charge in [0.25, 0.3) is 5.91 Å². The Morgan fingerprint density at radius 3 is 2.95 bits per heavy atom. The van der Waals surface area contributed by atoms with Crippen LogP contribution in [0, 0.1) is 6.92 Å². The molecule has 0 atom stereocenters. The highest BCUT2D eigenvalue weighted by Crippen LogP contribution is 2.22. The molecule has 0 aliphatic rings. The summed E-state index contributed by atoms with van der Waals surface area (Å²) in [6.45, 7) is 1.85. The van der Waals surface area contributed by atoms with Gasteiger partial charge in [-0.05, 0) is 25.1 Å². The number of carbonyl (C=O) groups excluding carboxylic acids is 1. The van der Waals surface area contributed by atoms with Gasteiger partial charge >= 0.3 is 0 Å². The van der Waals surface area contributed by atoms with E-state index in [1.165, 1.54) is 13.2 Å². The number of aryl methyl sites for hydroxylation is 1. The number of rotatable bonds is 4. The Hall–Kier alpha value is -2.08. The summed E-state index contributed by atoms with van der Waals surface area (Å²) in [6.07, 6.45) is 0. The van der Waals surface area contributed by atoms with Crippen molar-refractivity contribution in [3.8, 4) is 5.75 Å². The van der Waals surface area contributed by atoms with E-state index in [0.717, 1.165) is 0 Å². The van der Waals surface area contributed by atoms with Crippen LogP contribution in [-0.2, 0) is 6.54 Å². The van der Waals surface area contributed by atoms with Crippen molar-refractivity contribution in [2.45, 2.75) is 13.5 Å². The van der Waals surface area contributed by atoms with Gasteiger partial charge in [-0.15, -0.1) is 0 Å². The fourth-order valence-electron chi connectivity index (χ4n) is 1.52. The second-order valence-electron chi connectivity index (χ2n) is 3.76. The topological polar surface area (TPSA) is 77.2 Å². The molecule has 7 heteroatoms. The molecule has 0 fully saturated rings. The van der Waals surface area contributed by atoms with Gasteiger partial charge in [-0.1, -0.05) is 16.8 Å². The fourth-order valence-corrected chi connectivity index (χ4v) is 1.69. The molecule has 1 aromatic heterocycles. The fraction of sp³-hybridized carbons (Fsp3) is 0.250. The van der Waals surface area contributed by atoms with Gasteiger partial charge < -0.3 is 14.6 Å². The van der Waals surface area contributed by atoms with Crippen LogP contribution in [0.15, 0.2) is 22.7 Å². The summed E-state index contributed by atoms with van der Waals surface area (Å²) in [5.74, 6) is 0.982. The molecule has 19 heavy (non-hydrogen) atoms. The predicted molar refractivity (Wildman–Crippen MR) is 68.2 cm³/mol. The zero-order valence-electron chi connectivity index (χ0n) is 10.4. The summed E-state index contributed by atoms with van der Waals surface area (Å²) in [5.41, 5.74) is 0.353. The summed E-state index contributed by atoms with van der Waals surface area (Å²) >= 11 is 5.86. The van der Waals surface area contributed by atoms with Crippen molar-refractivity contribution in [2.75, 3.05) is 7.11 Å². The minimum absolute atomic E-state index is 0.148. The first-order valence-corrected chi connectivity index (χ1v) is 5.89. The molecule has 100 valence electrons. The third kappa shape index (κ3) is 3.23. The van der Waals surface area contributed by atoms with Crippen LogP contribution in [0.3, 0.4) is 0 Å². The lowest BCUT2D eigenvalue weighted by molar-refractivity contribution is 0.0943. The second-order valence-corrected chi connectivity index (χ2v) is 4.20. The molecule has 0 saturated heterocycles. The van der Waals surface area contributed by atoms with Crippen molar-refractivity contribution in [3.05, 3.63) is 40.5 Å². The lowest BCUT2D eigenvalue weighted by atomic mass is 10.2. The summed E-state index contributed by atoms with van der Waals surface area (Å²) in [6, 6.07) is 4.82. The molecule has 1 N–H and O–H groups in total. The molecular formula is C12H12ClN3O3. The lowest BCUT2D eigenvalue weighted by Crippen LogP contribution is -2.23. The van der Waals surface area contributed by atoms with E-state index < -0.39 is 0 Å². The molecule has 1 aromatic carbocycles. The minimum Gasteiger partial charge on any atom is -0.496 e. The number of halogens is 1. The van der Waals surface area contributed by atoms with Gasteiger partial charge in [0.2, 0.25) is 5.89 Å². The highest BCUT2D eigenvalue weighted by Gasteiger charge is 2.13. The third-order valence-corrected chi connectivity index (χ3v) is 2.61. The van der Waals surface area contributed by atoms with Gasteiger partial charge in [0.1, 0.15) is 5.75 Å². The van der Waals surface area contributed by atoms with E-state index in [-0.39, 0.29) is 12.5 Å². The second kappa shape index (κ2) is 5.71. The number of methoxy groups -OCH3 is 1. The highest BCUT2D eigenvalue weighted by molar-refractivity contribution is 6.31. The number of amides is 1. The van der Waals surface area contributed by atoms with Gasteiger partial charge in [-0.25, -0.2) is 0 Å². The van der Waals surface area contributed by atoms with Crippen LogP contribution in [-0.4, -0.2) is 23.2 Å². The predicted octanol–water partition coefficient (Wildman–Crippen LogP) is 1.97. The number of hydrogen-bond donors (Lipinski definition) is 1. The van der Waals surface area contributed by atoms with Crippen molar-refractivity contribution in [1.29, 1.82) is 0 Å². The van der Waals surface area contributed by atoms with Crippen LogP contribution in [0.1, 0.15) is 22.1 Å². The summed E-state index contributed by atoms with van der Waals surface area (Å²) < 4.78 is 10.0. The number of nitrogens with zero attached hydrogens (tertiary/aromatic N) is 2. The van der Waals surface area contributed by atoms with Gasteiger partial charge in [0, 0.05) is 5.02 Å².